The first-order valence-corrected chi connectivity index (χ1v) is 7.30. The minimum Gasteiger partial charge on any atom is -0.108 e. The number of thioether (sulfide) groups is 1. The first kappa shape index (κ1) is 14.9. The smallest absolute Gasteiger partial charge is 0.0142 e. The van der Waals surface area contributed by atoms with Crippen LogP contribution in [0.1, 0.15) is 71.6 Å². The predicted octanol–water partition coefficient (Wildman–Crippen LogP) is 5.23. The van der Waals surface area contributed by atoms with Crippen molar-refractivity contribution in [1.29, 1.82) is 0 Å². The lowest BCUT2D eigenvalue weighted by Crippen LogP contribution is -1.93. The summed E-state index contributed by atoms with van der Waals surface area (Å²) in [4.78, 5) is 0. The van der Waals surface area contributed by atoms with Gasteiger partial charge in [0.2, 0.25) is 0 Å². The molecular formula is C14H26S. The van der Waals surface area contributed by atoms with E-state index < -0.39 is 0 Å². The molecule has 0 spiro atoms. The fraction of sp³-hybridized carbons (Fsp3) is 0.857. The minimum absolute atomic E-state index is 0.648. The molecule has 0 aliphatic carbocycles. The molecule has 0 nitrogen and oxygen atoms in total. The maximum Gasteiger partial charge on any atom is 0.0142 e. The highest BCUT2D eigenvalue weighted by Crippen LogP contribution is 2.16. The van der Waals surface area contributed by atoms with Gasteiger partial charge in [-0.1, -0.05) is 77.0 Å². The van der Waals surface area contributed by atoms with Crippen molar-refractivity contribution in [3.63, 3.8) is 0 Å². The summed E-state index contributed by atoms with van der Waals surface area (Å²) < 4.78 is 0. The molecule has 0 saturated carbocycles. The van der Waals surface area contributed by atoms with Gasteiger partial charge in [-0.05, 0) is 11.7 Å². The molecule has 0 N–H and O–H groups in total. The Morgan fingerprint density at radius 2 is 1.53 bits per heavy atom. The molecule has 0 aliphatic rings. The number of hydrogen-bond donors (Lipinski definition) is 0. The van der Waals surface area contributed by atoms with Crippen molar-refractivity contribution in [2.75, 3.05) is 0 Å². The number of hydrogen-bond acceptors (Lipinski definition) is 1. The molecule has 0 aromatic carbocycles. The molecular weight excluding hydrogens is 200 g/mol. The van der Waals surface area contributed by atoms with Gasteiger partial charge in [0, 0.05) is 5.25 Å². The summed E-state index contributed by atoms with van der Waals surface area (Å²) in [7, 11) is 0. The Morgan fingerprint density at radius 3 is 2.07 bits per heavy atom. The highest BCUT2D eigenvalue weighted by Gasteiger charge is 1.99. The van der Waals surface area contributed by atoms with E-state index in [1.165, 1.54) is 57.8 Å². The van der Waals surface area contributed by atoms with Gasteiger partial charge in [-0.3, -0.25) is 0 Å². The predicted molar refractivity (Wildman–Crippen MR) is 73.1 cm³/mol. The van der Waals surface area contributed by atoms with Crippen molar-refractivity contribution in [1.82, 2.24) is 0 Å². The van der Waals surface area contributed by atoms with Crippen LogP contribution in [0.15, 0.2) is 0 Å². The Balaban J connectivity index is 3.02. The van der Waals surface area contributed by atoms with Gasteiger partial charge in [0.05, 0.1) is 0 Å². The number of unbranched alkanes of at least 4 members (excludes halogenated alkanes) is 7. The summed E-state index contributed by atoms with van der Waals surface area (Å²) in [5.41, 5.74) is 0. The summed E-state index contributed by atoms with van der Waals surface area (Å²) in [5.74, 6) is 0. The molecule has 0 amide bonds. The van der Waals surface area contributed by atoms with E-state index in [1.54, 1.807) is 11.8 Å². The second-order valence-electron chi connectivity index (χ2n) is 4.31. The topological polar surface area (TPSA) is 0 Å². The zero-order valence-electron chi connectivity index (χ0n) is 10.4. The van der Waals surface area contributed by atoms with Gasteiger partial charge in [-0.15, -0.1) is 6.42 Å². The monoisotopic (exact) mass is 226 g/mol. The molecule has 1 atom stereocenters. The van der Waals surface area contributed by atoms with Crippen LogP contribution in [0.2, 0.25) is 0 Å². The fourth-order valence-electron chi connectivity index (χ4n) is 1.74. The largest absolute Gasteiger partial charge is 0.108 e. The quantitative estimate of drug-likeness (QED) is 0.363. The maximum atomic E-state index is 5.24. The summed E-state index contributed by atoms with van der Waals surface area (Å²) in [6, 6.07) is 0. The van der Waals surface area contributed by atoms with E-state index in [0.29, 0.717) is 5.25 Å². The molecule has 1 unspecified atom stereocenters. The Bertz CT molecular complexity index is 157. The third-order valence-electron chi connectivity index (χ3n) is 2.73. The van der Waals surface area contributed by atoms with E-state index in [4.69, 9.17) is 6.42 Å². The zero-order valence-corrected chi connectivity index (χ0v) is 11.2. The minimum atomic E-state index is 0.648. The van der Waals surface area contributed by atoms with Crippen LogP contribution in [-0.4, -0.2) is 5.25 Å². The van der Waals surface area contributed by atoms with E-state index in [2.05, 4.69) is 19.1 Å². The van der Waals surface area contributed by atoms with Crippen LogP contribution in [0, 0.1) is 11.7 Å². The van der Waals surface area contributed by atoms with E-state index in [-0.39, 0.29) is 0 Å². The van der Waals surface area contributed by atoms with Crippen molar-refractivity contribution in [2.24, 2.45) is 0 Å². The van der Waals surface area contributed by atoms with Crippen LogP contribution in [0.5, 0.6) is 0 Å². The molecule has 0 aromatic rings. The molecule has 0 aromatic heterocycles. The molecule has 1 heteroatoms. The van der Waals surface area contributed by atoms with Gasteiger partial charge in [0.15, 0.2) is 0 Å². The first-order valence-electron chi connectivity index (χ1n) is 6.42. The zero-order chi connectivity index (χ0) is 11.4. The summed E-state index contributed by atoms with van der Waals surface area (Å²) in [6.07, 6.45) is 17.7. The van der Waals surface area contributed by atoms with Crippen LogP contribution >= 0.6 is 11.8 Å². The van der Waals surface area contributed by atoms with Crippen LogP contribution in [0.4, 0.5) is 0 Å². The second-order valence-corrected chi connectivity index (χ2v) is 5.59. The molecule has 0 aliphatic heterocycles. The molecule has 0 saturated heterocycles. The molecule has 0 fully saturated rings. The molecule has 0 heterocycles. The Labute approximate surface area is 101 Å². The first-order chi connectivity index (χ1) is 7.31. The van der Waals surface area contributed by atoms with Crippen molar-refractivity contribution in [3.8, 4) is 11.7 Å². The fourth-order valence-corrected chi connectivity index (χ4v) is 2.26. The second kappa shape index (κ2) is 12.0. The lowest BCUT2D eigenvalue weighted by molar-refractivity contribution is 0.564. The van der Waals surface area contributed by atoms with E-state index >= 15 is 0 Å². The van der Waals surface area contributed by atoms with Crippen molar-refractivity contribution >= 4 is 11.8 Å². The van der Waals surface area contributed by atoms with Gasteiger partial charge in [-0.25, -0.2) is 0 Å². The van der Waals surface area contributed by atoms with Gasteiger partial charge < -0.3 is 0 Å². The average molecular weight is 226 g/mol. The van der Waals surface area contributed by atoms with E-state index in [9.17, 15) is 0 Å². The average Bonchev–Trinajstić information content (AvgIpc) is 2.22. The number of terminal acetylenes is 1. The van der Waals surface area contributed by atoms with Crippen LogP contribution < -0.4 is 0 Å². The van der Waals surface area contributed by atoms with Gasteiger partial charge in [0.1, 0.15) is 0 Å². The molecule has 88 valence electrons. The van der Waals surface area contributed by atoms with E-state index in [0.717, 1.165) is 0 Å². The van der Waals surface area contributed by atoms with Crippen molar-refractivity contribution in [3.05, 3.63) is 0 Å². The van der Waals surface area contributed by atoms with Crippen LogP contribution in [0.3, 0.4) is 0 Å². The van der Waals surface area contributed by atoms with Crippen molar-refractivity contribution in [2.45, 2.75) is 76.9 Å². The van der Waals surface area contributed by atoms with Crippen LogP contribution in [0.25, 0.3) is 0 Å². The van der Waals surface area contributed by atoms with Crippen molar-refractivity contribution < 1.29 is 0 Å². The molecule has 0 bridgehead atoms. The summed E-state index contributed by atoms with van der Waals surface area (Å²) >= 11 is 1.63. The highest BCUT2D eigenvalue weighted by atomic mass is 32.2. The lowest BCUT2D eigenvalue weighted by Gasteiger charge is -2.06. The Hall–Kier alpha value is -0.0900. The standard InChI is InChI=1S/C14H26S/c1-4-6-7-8-9-10-11-12-13-14(3)15-5-2/h2,14H,4,6-13H2,1,3H3. The summed E-state index contributed by atoms with van der Waals surface area (Å²) in [5, 5.41) is 3.31. The SMILES string of the molecule is C#CSC(C)CCCCCCCCCC. The highest BCUT2D eigenvalue weighted by molar-refractivity contribution is 8.04. The van der Waals surface area contributed by atoms with E-state index in [1.807, 2.05) is 0 Å². The molecule has 0 radical (unpaired) electrons. The lowest BCUT2D eigenvalue weighted by atomic mass is 10.1. The third kappa shape index (κ3) is 11.8. The third-order valence-corrected chi connectivity index (χ3v) is 3.51. The summed E-state index contributed by atoms with van der Waals surface area (Å²) in [6.45, 7) is 4.50. The maximum absolute atomic E-state index is 5.24. The Morgan fingerprint density at radius 1 is 1.00 bits per heavy atom. The van der Waals surface area contributed by atoms with Crippen LogP contribution in [-0.2, 0) is 0 Å². The van der Waals surface area contributed by atoms with Gasteiger partial charge in [0.25, 0.3) is 0 Å². The normalized spacial score (nSPS) is 12.3. The number of rotatable bonds is 10. The molecule has 15 heavy (non-hydrogen) atoms. The Kier molecular flexibility index (Phi) is 11.9. The molecule has 0 rings (SSSR count). The van der Waals surface area contributed by atoms with Gasteiger partial charge >= 0.3 is 0 Å². The van der Waals surface area contributed by atoms with Gasteiger partial charge in [-0.2, -0.15) is 0 Å².